The van der Waals surface area contributed by atoms with Gasteiger partial charge in [0, 0.05) is 156 Å². The van der Waals surface area contributed by atoms with Crippen molar-refractivity contribution in [3.8, 4) is 20.9 Å². The average Bonchev–Trinajstić information content (AvgIpc) is 1.69. The molecule has 4 aliphatic heterocycles. The van der Waals surface area contributed by atoms with Crippen molar-refractivity contribution in [2.45, 2.75) is 239 Å². The predicted molar refractivity (Wildman–Crippen MR) is 537 cm³/mol. The van der Waals surface area contributed by atoms with Crippen molar-refractivity contribution in [3.63, 3.8) is 0 Å². The molecule has 4 saturated heterocycles. The van der Waals surface area contributed by atoms with Crippen molar-refractivity contribution >= 4 is 116 Å². The highest BCUT2D eigenvalue weighted by atomic mass is 35.5. The number of piperazine rings is 1. The molecule has 5 aliphatic rings. The Kier molecular flexibility index (Phi) is 37.0. The first-order valence-electron chi connectivity index (χ1n) is 47.5. The number of thiazole rings is 2. The number of Topliss-reactive ketones (excluding diaryl/α,β-unsaturated/α-hetero) is 1. The maximum Gasteiger partial charge on any atom is 0.303 e. The molecular formula is C105H136ClN13O13S3. The quantitative estimate of drug-likeness (QED) is 0.0162. The number of allylic oxidation sites excluding steroid dienone is 1. The van der Waals surface area contributed by atoms with Crippen molar-refractivity contribution in [2.75, 3.05) is 94.6 Å². The van der Waals surface area contributed by atoms with Crippen LogP contribution in [-0.2, 0) is 49.6 Å². The minimum atomic E-state index is -0.994. The van der Waals surface area contributed by atoms with Gasteiger partial charge in [-0.3, -0.25) is 53.0 Å². The number of nitrogens with one attached hydrogen (secondary N) is 6. The van der Waals surface area contributed by atoms with Gasteiger partial charge in [-0.2, -0.15) is 0 Å². The summed E-state index contributed by atoms with van der Waals surface area (Å²) in [5.41, 5.74) is 17.0. The zero-order chi connectivity index (χ0) is 96.8. The predicted octanol–water partition coefficient (Wildman–Crippen LogP) is 16.0. The minimum absolute atomic E-state index is 0.0182. The van der Waals surface area contributed by atoms with Crippen LogP contribution >= 0.6 is 46.0 Å². The summed E-state index contributed by atoms with van der Waals surface area (Å²) in [6.45, 7) is 32.4. The number of likely N-dealkylation sites (tertiary alicyclic amines) is 2. The van der Waals surface area contributed by atoms with Crippen molar-refractivity contribution < 1.29 is 63.2 Å². The zero-order valence-corrected chi connectivity index (χ0v) is 83.4. The van der Waals surface area contributed by atoms with E-state index < -0.39 is 70.9 Å². The van der Waals surface area contributed by atoms with Gasteiger partial charge in [-0.05, 0) is 195 Å². The fourth-order valence-corrected chi connectivity index (χ4v) is 21.2. The number of amides is 7. The minimum Gasteiger partial charge on any atom is -0.481 e. The summed E-state index contributed by atoms with van der Waals surface area (Å²) in [7, 11) is 0. The van der Waals surface area contributed by atoms with Gasteiger partial charge in [-0.25, -0.2) is 9.97 Å². The number of β-amino-alcohol motifs (C(OH)–C–C–N with tert-alkyl or cyclic N) is 2. The molecule has 13 rings (SSSR count). The van der Waals surface area contributed by atoms with Crippen LogP contribution in [0.2, 0.25) is 5.02 Å². The molecule has 30 heteroatoms. The normalized spacial score (nSPS) is 19.5. The number of ketones is 1. The van der Waals surface area contributed by atoms with Crippen LogP contribution in [0.15, 0.2) is 167 Å². The van der Waals surface area contributed by atoms with Gasteiger partial charge >= 0.3 is 5.97 Å². The van der Waals surface area contributed by atoms with Crippen molar-refractivity contribution in [3.05, 3.63) is 212 Å². The number of hydrogen-bond donors (Lipinski definition) is 9. The topological polar surface area (TPSA) is 338 Å². The maximum atomic E-state index is 14.4. The Bertz CT molecular complexity index is 5380. The molecule has 7 amide bonds. The molecule has 9 N–H and O–H groups in total. The molecule has 135 heavy (non-hydrogen) atoms. The highest BCUT2D eigenvalue weighted by Gasteiger charge is 2.47. The molecule has 4 fully saturated rings. The van der Waals surface area contributed by atoms with Crippen LogP contribution in [0.4, 0.5) is 11.4 Å². The first kappa shape index (κ1) is 104. The standard InChI is InChI=1S/C77H98ClN9O7S2.C28H38N4O6S/c1-52-44-55(16-29-68(52)82-62(32-35-84-40-42-94-43-41-84)50-95-66-13-9-8-10-14-66)47-79-73(91)59-23-27-63(28-24-59)86-38-36-85(37-39-86)48-60-46-77(7,34-31-67(60)57-21-25-61(78)26-22-57)33-30-64(88)12-11-15-70(90)83-72(76(4,5)6)75(93)87-49-65(89)45-69(87)74(92)81-53(2)56-17-19-58(20-18-56)71-54(3)80-51-96-71;1-16(18-9-11-19(12-10-18)24-17(2)29-15-39-24)30-26(37)21-13-20(33)14-32(21)27(38)25(28(3,4)5)31-22(34)7-6-8-23(35)36/h8-10,13-14,16-29,44,51,53,62,65,69,72,82,89H,11-12,15,30-43,45-50H2,1-7H3,(H,79,91)(H,81,92)(H,83,90);9-12,15-16,20-21,25,33H,6-8,13-14H2,1-5H3,(H,30,37)(H,31,34)(H,35,36)/t53-,62+,65+,69-,72+,77?;16-,20+,21-,25+/m00/s1. The van der Waals surface area contributed by atoms with Crippen LogP contribution in [-0.4, -0.2) is 225 Å². The second kappa shape index (κ2) is 48.2. The molecule has 0 spiro atoms. The van der Waals surface area contributed by atoms with Gasteiger partial charge in [0.05, 0.1) is 69.7 Å². The summed E-state index contributed by atoms with van der Waals surface area (Å²) in [4.78, 5) is 142. The Labute approximate surface area is 812 Å². The molecule has 0 saturated carbocycles. The number of nitrogens with zero attached hydrogens (tertiary/aromatic N) is 7. The molecule has 0 bridgehead atoms. The maximum absolute atomic E-state index is 14.4. The molecular weight excluding hydrogens is 1780 g/mol. The number of aryl methyl sites for hydroxylation is 3. The highest BCUT2D eigenvalue weighted by molar-refractivity contribution is 7.99. The lowest BCUT2D eigenvalue weighted by atomic mass is 9.69. The number of carbonyl (C=O) groups excluding carboxylic acids is 8. The van der Waals surface area contributed by atoms with Crippen LogP contribution in [0.1, 0.15) is 214 Å². The first-order chi connectivity index (χ1) is 64.4. The van der Waals surface area contributed by atoms with Gasteiger partial charge in [0.15, 0.2) is 0 Å². The SMILES string of the molecule is Cc1cc(CNC(=O)c2ccc(N3CCN(CC4=C(c5ccc(Cl)cc5)CCC(C)(CCC(=O)CCCC(=O)N[C@H](C(=O)N5C[C@H](O)C[C@H]5C(=O)N[C@@H](C)c5ccc(-c6scnc6C)cc5)C(C)(C)C)C4)CC3)cc2)ccc1N[C@H](CCN1CCOCC1)CSc1ccccc1.Cc1ncsc1-c1ccc([C@H](C)NC(=O)[C@@H]2C[C@@H](O)CN2C(=O)[C@@H](NC(=O)CCCC(=O)O)C(C)(C)C)cc1. The Hall–Kier alpha value is -10.2. The Balaban J connectivity index is 0.000000350. The fraction of sp³-hybridized carbons (Fsp3) is 0.495. The number of anilines is 2. The number of ether oxygens (including phenoxy) is 1. The average molecular weight is 1920 g/mol. The van der Waals surface area contributed by atoms with E-state index >= 15 is 0 Å². The monoisotopic (exact) mass is 1920 g/mol. The number of morpholine rings is 1. The number of carbonyl (C=O) groups is 9. The highest BCUT2D eigenvalue weighted by Crippen LogP contribution is 2.47. The Morgan fingerprint density at radius 1 is 0.607 bits per heavy atom. The zero-order valence-electron chi connectivity index (χ0n) is 80.2. The van der Waals surface area contributed by atoms with Crippen LogP contribution < -0.4 is 36.8 Å². The first-order valence-corrected chi connectivity index (χ1v) is 50.6. The lowest BCUT2D eigenvalue weighted by molar-refractivity contribution is -0.144. The number of carboxylic acids is 1. The second-order valence-corrected chi connectivity index (χ2v) is 42.6. The van der Waals surface area contributed by atoms with E-state index in [4.69, 9.17) is 21.4 Å². The molecule has 10 atom stereocenters. The van der Waals surface area contributed by atoms with Gasteiger partial charge in [0.2, 0.25) is 35.4 Å². The van der Waals surface area contributed by atoms with E-state index in [0.717, 1.165) is 169 Å². The smallest absolute Gasteiger partial charge is 0.303 e. The third kappa shape index (κ3) is 29.7. The van der Waals surface area contributed by atoms with Gasteiger partial charge in [-0.1, -0.05) is 157 Å². The number of rotatable bonds is 38. The van der Waals surface area contributed by atoms with Crippen molar-refractivity contribution in [1.29, 1.82) is 0 Å². The third-order valence-electron chi connectivity index (χ3n) is 26.5. The number of thioether (sulfide) groups is 1. The molecule has 6 heterocycles. The molecule has 724 valence electrons. The van der Waals surface area contributed by atoms with Crippen LogP contribution in [0.25, 0.3) is 26.5 Å². The number of carboxylic acid groups (broad SMARTS) is 1. The summed E-state index contributed by atoms with van der Waals surface area (Å²) >= 11 is 11.4. The number of aliphatic hydroxyl groups is 2. The van der Waals surface area contributed by atoms with E-state index in [0.29, 0.717) is 30.0 Å². The summed E-state index contributed by atoms with van der Waals surface area (Å²) in [5.74, 6) is -2.42. The van der Waals surface area contributed by atoms with Crippen molar-refractivity contribution in [1.82, 2.24) is 56.2 Å². The molecule has 0 radical (unpaired) electrons. The van der Waals surface area contributed by atoms with E-state index in [2.05, 4.69) is 143 Å². The molecule has 26 nitrogen and oxygen atoms in total. The van der Waals surface area contributed by atoms with Gasteiger partial charge in [-0.15, -0.1) is 34.4 Å². The number of benzene rings is 6. The van der Waals surface area contributed by atoms with Gasteiger partial charge in [0.25, 0.3) is 5.91 Å². The van der Waals surface area contributed by atoms with Crippen LogP contribution in [0.5, 0.6) is 0 Å². The van der Waals surface area contributed by atoms with Gasteiger partial charge in [0.1, 0.15) is 30.0 Å². The summed E-state index contributed by atoms with van der Waals surface area (Å²) < 4.78 is 5.59. The van der Waals surface area contributed by atoms with Crippen LogP contribution in [0, 0.1) is 37.0 Å². The van der Waals surface area contributed by atoms with E-state index in [1.165, 1.54) is 31.4 Å². The van der Waals surface area contributed by atoms with Crippen molar-refractivity contribution in [2.24, 2.45) is 16.2 Å². The Morgan fingerprint density at radius 2 is 1.13 bits per heavy atom. The van der Waals surface area contributed by atoms with Gasteiger partial charge < -0.3 is 66.7 Å². The van der Waals surface area contributed by atoms with Crippen LogP contribution in [0.3, 0.4) is 0 Å². The third-order valence-corrected chi connectivity index (χ3v) is 29.9. The lowest BCUT2D eigenvalue weighted by Crippen LogP contribution is -2.57. The van der Waals surface area contributed by atoms with E-state index in [1.807, 2.05) is 139 Å². The largest absolute Gasteiger partial charge is 0.481 e. The summed E-state index contributed by atoms with van der Waals surface area (Å²) in [6, 6.07) is 44.9. The van der Waals surface area contributed by atoms with E-state index in [-0.39, 0.29) is 111 Å². The molecule has 8 aromatic rings. The van der Waals surface area contributed by atoms with E-state index in [9.17, 15) is 53.4 Å². The number of halogens is 1. The van der Waals surface area contributed by atoms with E-state index in [1.54, 1.807) is 49.0 Å². The fourth-order valence-electron chi connectivity index (χ4n) is 18.4. The Morgan fingerprint density at radius 3 is 1.64 bits per heavy atom. The molecule has 1 aliphatic carbocycles. The molecule has 1 unspecified atom stereocenters. The molecule has 2 aromatic heterocycles. The molecule has 6 aromatic carbocycles. The number of aromatic nitrogens is 2. The summed E-state index contributed by atoms with van der Waals surface area (Å²) in [5, 5.41) is 49.5. The second-order valence-electron chi connectivity index (χ2n) is 39.3. The lowest BCUT2D eigenvalue weighted by Gasteiger charge is -2.41. The summed E-state index contributed by atoms with van der Waals surface area (Å²) in [6.07, 6.45) is 3.99. The number of aliphatic hydroxyl groups excluding tert-OH is 2. The number of aliphatic carboxylic acids is 1. The number of hydrogen-bond acceptors (Lipinski definition) is 21.